The second-order valence-corrected chi connectivity index (χ2v) is 11.7. The van der Waals surface area contributed by atoms with Gasteiger partial charge in [0.15, 0.2) is 0 Å². The molecule has 0 N–H and O–H groups in total. The summed E-state index contributed by atoms with van der Waals surface area (Å²) >= 11 is 12.4. The van der Waals surface area contributed by atoms with Crippen molar-refractivity contribution in [1.82, 2.24) is 9.99 Å². The third kappa shape index (κ3) is 5.02. The second-order valence-electron chi connectivity index (χ2n) is 10.8. The maximum atomic E-state index is 14.7. The molecule has 4 nitrogen and oxygen atoms in total. The van der Waals surface area contributed by atoms with Gasteiger partial charge in [-0.2, -0.15) is 5.10 Å². The molecule has 0 radical (unpaired) electrons. The molecule has 1 aromatic heterocycles. The van der Waals surface area contributed by atoms with Crippen LogP contribution in [0, 0.1) is 5.92 Å². The fourth-order valence-corrected chi connectivity index (χ4v) is 6.41. The summed E-state index contributed by atoms with van der Waals surface area (Å²) in [7, 11) is 0. The number of carbonyl (C=O) groups excluding carboxylic acids is 1. The maximum Gasteiger partial charge on any atom is 0.275 e. The number of nitrogens with zero attached hydrogens (tertiary/aromatic N) is 3. The van der Waals surface area contributed by atoms with E-state index in [0.717, 1.165) is 63.8 Å². The van der Waals surface area contributed by atoms with Crippen LogP contribution in [0.3, 0.4) is 0 Å². The van der Waals surface area contributed by atoms with Crippen LogP contribution in [0.15, 0.2) is 120 Å². The van der Waals surface area contributed by atoms with Crippen molar-refractivity contribution in [2.75, 3.05) is 0 Å². The lowest BCUT2D eigenvalue weighted by atomic mass is 9.77. The van der Waals surface area contributed by atoms with Gasteiger partial charge in [-0.05, 0) is 78.4 Å². The lowest BCUT2D eigenvalue weighted by Crippen LogP contribution is -2.32. The van der Waals surface area contributed by atoms with E-state index in [1.807, 2.05) is 109 Å². The predicted molar refractivity (Wildman–Crippen MR) is 172 cm³/mol. The van der Waals surface area contributed by atoms with Crippen molar-refractivity contribution < 1.29 is 4.79 Å². The summed E-state index contributed by atoms with van der Waals surface area (Å²) < 4.78 is 0. The fourth-order valence-electron chi connectivity index (χ4n) is 6.15. The molecule has 4 aromatic carbocycles. The number of amides is 1. The molecule has 1 aliphatic heterocycles. The van der Waals surface area contributed by atoms with E-state index in [2.05, 4.69) is 6.08 Å². The Morgan fingerprint density at radius 2 is 1.52 bits per heavy atom. The molecule has 0 unspecified atom stereocenters. The molecule has 2 heterocycles. The molecule has 7 rings (SSSR count). The molecule has 2 aliphatic rings. The number of carbonyl (C=O) groups is 1. The van der Waals surface area contributed by atoms with Gasteiger partial charge < -0.3 is 0 Å². The maximum absolute atomic E-state index is 14.7. The first-order chi connectivity index (χ1) is 20.5. The highest BCUT2D eigenvalue weighted by Crippen LogP contribution is 2.45. The lowest BCUT2D eigenvalue weighted by Gasteiger charge is -2.30. The average molecular weight is 589 g/mol. The second kappa shape index (κ2) is 11.2. The van der Waals surface area contributed by atoms with Gasteiger partial charge in [-0.25, -0.2) is 9.99 Å². The largest absolute Gasteiger partial charge is 0.275 e. The molecular formula is C36H27Cl2N3O. The Kier molecular flexibility index (Phi) is 7.10. The molecule has 1 fully saturated rings. The minimum Gasteiger partial charge on any atom is -0.267 e. The molecule has 2 atom stereocenters. The van der Waals surface area contributed by atoms with E-state index < -0.39 is 0 Å². The summed E-state index contributed by atoms with van der Waals surface area (Å²) in [6.45, 7) is 0. The first-order valence-corrected chi connectivity index (χ1v) is 14.9. The van der Waals surface area contributed by atoms with Crippen molar-refractivity contribution in [3.8, 4) is 11.3 Å². The van der Waals surface area contributed by atoms with Crippen molar-refractivity contribution in [1.29, 1.82) is 0 Å². The molecule has 42 heavy (non-hydrogen) atoms. The smallest absolute Gasteiger partial charge is 0.267 e. The van der Waals surface area contributed by atoms with Crippen LogP contribution in [0.2, 0.25) is 10.0 Å². The lowest BCUT2D eigenvalue weighted by molar-refractivity contribution is 0.0683. The molecule has 5 aromatic rings. The van der Waals surface area contributed by atoms with E-state index >= 15 is 0 Å². The van der Waals surface area contributed by atoms with Gasteiger partial charge in [-0.1, -0.05) is 96.0 Å². The van der Waals surface area contributed by atoms with Gasteiger partial charge in [-0.15, -0.1) is 0 Å². The predicted octanol–water partition coefficient (Wildman–Crippen LogP) is 9.65. The number of aromatic nitrogens is 1. The normalized spacial score (nSPS) is 19.1. The van der Waals surface area contributed by atoms with Crippen LogP contribution in [-0.2, 0) is 0 Å². The average Bonchev–Trinajstić information content (AvgIpc) is 3.43. The molecule has 206 valence electrons. The number of pyridine rings is 1. The number of hydrogen-bond acceptors (Lipinski definition) is 3. The number of halogens is 2. The van der Waals surface area contributed by atoms with Crippen LogP contribution in [0.25, 0.3) is 28.2 Å². The van der Waals surface area contributed by atoms with Crippen molar-refractivity contribution in [3.63, 3.8) is 0 Å². The van der Waals surface area contributed by atoms with E-state index in [0.29, 0.717) is 15.6 Å². The Balaban J connectivity index is 1.37. The number of para-hydroxylation sites is 1. The Morgan fingerprint density at radius 3 is 2.29 bits per heavy atom. The molecule has 1 aliphatic carbocycles. The highest BCUT2D eigenvalue weighted by atomic mass is 35.5. The summed E-state index contributed by atoms with van der Waals surface area (Å²) in [6.07, 6.45) is 5.05. The van der Waals surface area contributed by atoms with Gasteiger partial charge >= 0.3 is 0 Å². The number of benzene rings is 4. The van der Waals surface area contributed by atoms with Crippen LogP contribution in [-0.4, -0.2) is 21.6 Å². The van der Waals surface area contributed by atoms with Crippen LogP contribution >= 0.6 is 23.2 Å². The summed E-state index contributed by atoms with van der Waals surface area (Å²) in [5.41, 5.74) is 7.31. The van der Waals surface area contributed by atoms with E-state index in [-0.39, 0.29) is 17.9 Å². The van der Waals surface area contributed by atoms with Crippen LogP contribution in [0.5, 0.6) is 0 Å². The number of hydrogen-bond donors (Lipinski definition) is 0. The van der Waals surface area contributed by atoms with E-state index in [1.54, 1.807) is 5.01 Å². The zero-order valence-corrected chi connectivity index (χ0v) is 24.3. The molecule has 1 saturated carbocycles. The van der Waals surface area contributed by atoms with Gasteiger partial charge in [0, 0.05) is 26.9 Å². The summed E-state index contributed by atoms with van der Waals surface area (Å²) in [5, 5.41) is 9.01. The Bertz CT molecular complexity index is 1850. The summed E-state index contributed by atoms with van der Waals surface area (Å²) in [4.78, 5) is 19.6. The van der Waals surface area contributed by atoms with Crippen molar-refractivity contribution >= 4 is 51.8 Å². The van der Waals surface area contributed by atoms with Gasteiger partial charge in [-0.3, -0.25) is 4.79 Å². The van der Waals surface area contributed by atoms with Crippen molar-refractivity contribution in [2.24, 2.45) is 11.0 Å². The first kappa shape index (κ1) is 26.6. The molecule has 1 amide bonds. The molecule has 0 spiro atoms. The van der Waals surface area contributed by atoms with E-state index in [1.165, 1.54) is 0 Å². The van der Waals surface area contributed by atoms with Crippen molar-refractivity contribution in [2.45, 2.75) is 25.3 Å². The van der Waals surface area contributed by atoms with Gasteiger partial charge in [0.2, 0.25) is 0 Å². The highest BCUT2D eigenvalue weighted by molar-refractivity contribution is 6.30. The highest BCUT2D eigenvalue weighted by Gasteiger charge is 2.44. The molecule has 0 saturated heterocycles. The monoisotopic (exact) mass is 587 g/mol. The Hall–Kier alpha value is -4.25. The Labute approximate surface area is 254 Å². The minimum absolute atomic E-state index is 0.0733. The summed E-state index contributed by atoms with van der Waals surface area (Å²) in [6, 6.07) is 35.1. The molecule has 6 heteroatoms. The topological polar surface area (TPSA) is 45.6 Å². The minimum atomic E-state index is -0.245. The van der Waals surface area contributed by atoms with Crippen LogP contribution in [0.4, 0.5) is 0 Å². The fraction of sp³-hybridized carbons (Fsp3) is 0.139. The first-order valence-electron chi connectivity index (χ1n) is 14.1. The van der Waals surface area contributed by atoms with Crippen LogP contribution < -0.4 is 0 Å². The summed E-state index contributed by atoms with van der Waals surface area (Å²) in [5.74, 6) is -0.0670. The SMILES string of the molecule is O=C(c1cc(-c2ccccc2)nc2ccccc12)N1N=C2/C(=C/c3ccc(Cl)cc3)CCC[C@@H]2[C@@H]1c1ccc(Cl)cc1. The molecule has 0 bridgehead atoms. The van der Waals surface area contributed by atoms with E-state index in [9.17, 15) is 4.79 Å². The van der Waals surface area contributed by atoms with Gasteiger partial charge in [0.05, 0.1) is 28.5 Å². The molecular weight excluding hydrogens is 561 g/mol. The van der Waals surface area contributed by atoms with Crippen molar-refractivity contribution in [3.05, 3.63) is 142 Å². The van der Waals surface area contributed by atoms with E-state index in [4.69, 9.17) is 33.3 Å². The van der Waals surface area contributed by atoms with Gasteiger partial charge in [0.1, 0.15) is 0 Å². The van der Waals surface area contributed by atoms with Gasteiger partial charge in [0.25, 0.3) is 5.91 Å². The number of allylic oxidation sites excluding steroid dienone is 1. The zero-order valence-electron chi connectivity index (χ0n) is 22.8. The van der Waals surface area contributed by atoms with Crippen LogP contribution in [0.1, 0.15) is 46.8 Å². The Morgan fingerprint density at radius 1 is 0.833 bits per heavy atom. The third-order valence-electron chi connectivity index (χ3n) is 8.15. The number of fused-ring (bicyclic) bond motifs is 2. The number of hydrazone groups is 1. The quantitative estimate of drug-likeness (QED) is 0.210. The number of rotatable bonds is 4. The third-order valence-corrected chi connectivity index (χ3v) is 8.65. The zero-order chi connectivity index (χ0) is 28.6. The standard InChI is InChI=1S/C36H27Cl2N3O/c37-27-17-13-23(14-18-27)21-26-9-6-11-30-34(26)40-41(35(30)25-15-19-28(38)20-16-25)36(42)31-22-33(24-7-2-1-3-8-24)39-32-12-5-4-10-29(31)32/h1-5,7-8,10,12-22,30,35H,6,9,11H2/b26-21+/t30-,35-/m0/s1.